The molecule has 0 saturated heterocycles. The Morgan fingerprint density at radius 3 is 2.75 bits per heavy atom. The van der Waals surface area contributed by atoms with Crippen molar-refractivity contribution in [2.24, 2.45) is 0 Å². The fraction of sp³-hybridized carbons (Fsp3) is 0.0556. The fourth-order valence-corrected chi connectivity index (χ4v) is 3.47. The Kier molecular flexibility index (Phi) is 4.90. The lowest BCUT2D eigenvalue weighted by Gasteiger charge is -2.04. The van der Waals surface area contributed by atoms with E-state index in [1.165, 1.54) is 11.3 Å². The first-order valence-electron chi connectivity index (χ1n) is 7.14. The van der Waals surface area contributed by atoms with Gasteiger partial charge < -0.3 is 5.32 Å². The lowest BCUT2D eigenvalue weighted by molar-refractivity contribution is -0.115. The van der Waals surface area contributed by atoms with E-state index in [0.717, 1.165) is 16.0 Å². The molecule has 0 radical (unpaired) electrons. The van der Waals surface area contributed by atoms with E-state index in [9.17, 15) is 10.1 Å². The van der Waals surface area contributed by atoms with E-state index < -0.39 is 0 Å². The second-order valence-corrected chi connectivity index (χ2v) is 6.54. The van der Waals surface area contributed by atoms with E-state index in [1.54, 1.807) is 36.7 Å². The van der Waals surface area contributed by atoms with E-state index in [4.69, 9.17) is 11.6 Å². The number of thiophene rings is 1. The molecule has 0 saturated carbocycles. The van der Waals surface area contributed by atoms with Gasteiger partial charge in [-0.05, 0) is 41.5 Å². The third-order valence-electron chi connectivity index (χ3n) is 3.32. The number of pyridine rings is 1. The van der Waals surface area contributed by atoms with Gasteiger partial charge in [-0.15, -0.1) is 11.3 Å². The number of hydrogen-bond acceptors (Lipinski definition) is 4. The number of anilines is 1. The molecule has 1 N–H and O–H groups in total. The van der Waals surface area contributed by atoms with Crippen LogP contribution in [0.2, 0.25) is 5.02 Å². The van der Waals surface area contributed by atoms with Gasteiger partial charge in [0, 0.05) is 22.3 Å². The van der Waals surface area contributed by atoms with Crippen molar-refractivity contribution in [3.8, 4) is 16.5 Å². The van der Waals surface area contributed by atoms with Crippen molar-refractivity contribution < 1.29 is 4.79 Å². The van der Waals surface area contributed by atoms with Crippen molar-refractivity contribution in [1.82, 2.24) is 4.98 Å². The summed E-state index contributed by atoms with van der Waals surface area (Å²) in [7, 11) is 0. The number of benzene rings is 1. The Labute approximate surface area is 148 Å². The molecular weight excluding hydrogens is 342 g/mol. The van der Waals surface area contributed by atoms with Gasteiger partial charge in [-0.1, -0.05) is 23.7 Å². The molecule has 1 amide bonds. The lowest BCUT2D eigenvalue weighted by atomic mass is 10.1. The number of nitrogens with zero attached hydrogens (tertiary/aromatic N) is 2. The van der Waals surface area contributed by atoms with Gasteiger partial charge in [-0.2, -0.15) is 5.26 Å². The first kappa shape index (κ1) is 16.2. The number of carbonyl (C=O) groups is 1. The van der Waals surface area contributed by atoms with Gasteiger partial charge in [0.25, 0.3) is 0 Å². The molecule has 2 aromatic heterocycles. The second-order valence-electron chi connectivity index (χ2n) is 5.06. The smallest absolute Gasteiger partial charge is 0.229 e. The van der Waals surface area contributed by atoms with Crippen LogP contribution in [0.1, 0.15) is 11.1 Å². The molecule has 0 atom stereocenters. The van der Waals surface area contributed by atoms with Crippen LogP contribution in [0.4, 0.5) is 5.00 Å². The highest BCUT2D eigenvalue weighted by Gasteiger charge is 2.13. The quantitative estimate of drug-likeness (QED) is 0.750. The van der Waals surface area contributed by atoms with Crippen molar-refractivity contribution in [3.05, 3.63) is 71.0 Å². The monoisotopic (exact) mass is 353 g/mol. The van der Waals surface area contributed by atoms with Gasteiger partial charge in [-0.25, -0.2) is 0 Å². The van der Waals surface area contributed by atoms with E-state index in [0.29, 0.717) is 15.6 Å². The third kappa shape index (κ3) is 3.80. The number of hydrogen-bond donors (Lipinski definition) is 1. The molecule has 2 heterocycles. The topological polar surface area (TPSA) is 65.8 Å². The Morgan fingerprint density at radius 2 is 2.04 bits per heavy atom. The van der Waals surface area contributed by atoms with Gasteiger partial charge >= 0.3 is 0 Å². The number of nitriles is 1. The Bertz CT molecular complexity index is 916. The minimum Gasteiger partial charge on any atom is -0.316 e. The molecule has 3 aromatic rings. The summed E-state index contributed by atoms with van der Waals surface area (Å²) in [6.07, 6.45) is 3.59. The van der Waals surface area contributed by atoms with E-state index in [-0.39, 0.29) is 12.3 Å². The van der Waals surface area contributed by atoms with Crippen LogP contribution in [0.25, 0.3) is 10.4 Å². The molecule has 118 valence electrons. The standard InChI is InChI=1S/C18H12ClN3OS/c19-15-3-1-2-12(8-15)9-17(23)22-18-14(11-20)10-16(24-18)13-4-6-21-7-5-13/h1-8,10H,9H2,(H,22,23). The summed E-state index contributed by atoms with van der Waals surface area (Å²) in [6.45, 7) is 0. The molecule has 0 unspecified atom stereocenters. The van der Waals surface area contributed by atoms with Crippen LogP contribution in [0, 0.1) is 11.3 Å². The number of aromatic nitrogens is 1. The minimum atomic E-state index is -0.183. The number of amides is 1. The lowest BCUT2D eigenvalue weighted by Crippen LogP contribution is -2.14. The van der Waals surface area contributed by atoms with Crippen LogP contribution < -0.4 is 5.32 Å². The Morgan fingerprint density at radius 1 is 1.25 bits per heavy atom. The van der Waals surface area contributed by atoms with E-state index in [1.807, 2.05) is 18.2 Å². The zero-order valence-corrected chi connectivity index (χ0v) is 14.1. The van der Waals surface area contributed by atoms with Crippen LogP contribution in [0.5, 0.6) is 0 Å². The first-order chi connectivity index (χ1) is 11.7. The van der Waals surface area contributed by atoms with Crippen LogP contribution in [-0.2, 0) is 11.2 Å². The summed E-state index contributed by atoms with van der Waals surface area (Å²) in [5, 5.41) is 13.3. The number of nitrogens with one attached hydrogen (secondary N) is 1. The normalized spacial score (nSPS) is 10.2. The van der Waals surface area contributed by atoms with E-state index >= 15 is 0 Å². The molecule has 0 aliphatic carbocycles. The SMILES string of the molecule is N#Cc1cc(-c2ccncc2)sc1NC(=O)Cc1cccc(Cl)c1. The van der Waals surface area contributed by atoms with Crippen molar-refractivity contribution in [2.75, 3.05) is 5.32 Å². The molecule has 0 aliphatic heterocycles. The highest BCUT2D eigenvalue weighted by Crippen LogP contribution is 2.34. The van der Waals surface area contributed by atoms with Crippen LogP contribution >= 0.6 is 22.9 Å². The van der Waals surface area contributed by atoms with Crippen molar-refractivity contribution in [1.29, 1.82) is 5.26 Å². The molecule has 24 heavy (non-hydrogen) atoms. The highest BCUT2D eigenvalue weighted by atomic mass is 35.5. The Balaban J connectivity index is 1.78. The van der Waals surface area contributed by atoms with Gasteiger partial charge in [-0.3, -0.25) is 9.78 Å². The van der Waals surface area contributed by atoms with Crippen LogP contribution in [0.3, 0.4) is 0 Å². The molecule has 1 aromatic carbocycles. The maximum atomic E-state index is 12.2. The highest BCUT2D eigenvalue weighted by molar-refractivity contribution is 7.19. The second kappa shape index (κ2) is 7.26. The molecule has 3 rings (SSSR count). The van der Waals surface area contributed by atoms with Crippen molar-refractivity contribution in [2.45, 2.75) is 6.42 Å². The number of carbonyl (C=O) groups excluding carboxylic acids is 1. The summed E-state index contributed by atoms with van der Waals surface area (Å²) >= 11 is 7.30. The molecule has 0 spiro atoms. The fourth-order valence-electron chi connectivity index (χ4n) is 2.23. The van der Waals surface area contributed by atoms with Crippen LogP contribution in [-0.4, -0.2) is 10.9 Å². The molecule has 0 bridgehead atoms. The van der Waals surface area contributed by atoms with Crippen molar-refractivity contribution in [3.63, 3.8) is 0 Å². The van der Waals surface area contributed by atoms with Gasteiger partial charge in [0.1, 0.15) is 11.1 Å². The average molecular weight is 354 g/mol. The molecule has 4 nitrogen and oxygen atoms in total. The van der Waals surface area contributed by atoms with Crippen molar-refractivity contribution >= 4 is 33.8 Å². The predicted molar refractivity (Wildman–Crippen MR) is 96.1 cm³/mol. The average Bonchev–Trinajstić information content (AvgIpc) is 2.98. The Hall–Kier alpha value is -2.68. The molecule has 0 fully saturated rings. The maximum absolute atomic E-state index is 12.2. The first-order valence-corrected chi connectivity index (χ1v) is 8.34. The summed E-state index contributed by atoms with van der Waals surface area (Å²) in [5.41, 5.74) is 2.23. The van der Waals surface area contributed by atoms with Gasteiger partial charge in [0.2, 0.25) is 5.91 Å². The van der Waals surface area contributed by atoms with Gasteiger partial charge in [0.05, 0.1) is 12.0 Å². The maximum Gasteiger partial charge on any atom is 0.229 e. The molecule has 6 heteroatoms. The minimum absolute atomic E-state index is 0.183. The van der Waals surface area contributed by atoms with Crippen LogP contribution in [0.15, 0.2) is 54.9 Å². The summed E-state index contributed by atoms with van der Waals surface area (Å²) in [6, 6.07) is 14.8. The third-order valence-corrected chi connectivity index (χ3v) is 4.66. The number of rotatable bonds is 4. The molecular formula is C18H12ClN3OS. The zero-order chi connectivity index (χ0) is 16.9. The largest absolute Gasteiger partial charge is 0.316 e. The summed E-state index contributed by atoms with van der Waals surface area (Å²) in [5.74, 6) is -0.183. The summed E-state index contributed by atoms with van der Waals surface area (Å²) in [4.78, 5) is 17.1. The summed E-state index contributed by atoms with van der Waals surface area (Å²) < 4.78 is 0. The van der Waals surface area contributed by atoms with E-state index in [2.05, 4.69) is 16.4 Å². The number of halogens is 1. The zero-order valence-electron chi connectivity index (χ0n) is 12.5. The molecule has 0 aliphatic rings. The van der Waals surface area contributed by atoms with Gasteiger partial charge in [0.15, 0.2) is 0 Å². The predicted octanol–water partition coefficient (Wildman–Crippen LogP) is 4.52.